The summed E-state index contributed by atoms with van der Waals surface area (Å²) in [6.07, 6.45) is 7.22. The molecule has 0 saturated heterocycles. The van der Waals surface area contributed by atoms with Crippen LogP contribution in [0.25, 0.3) is 0 Å². The van der Waals surface area contributed by atoms with Gasteiger partial charge in [-0.3, -0.25) is 9.59 Å². The number of esters is 2. The van der Waals surface area contributed by atoms with Gasteiger partial charge < -0.3 is 9.47 Å². The Bertz CT molecular complexity index is 512. The Labute approximate surface area is 152 Å². The van der Waals surface area contributed by atoms with E-state index >= 15 is 0 Å². The maximum Gasteiger partial charge on any atom is 0.312 e. The van der Waals surface area contributed by atoms with Gasteiger partial charge in [0.15, 0.2) is 0 Å². The van der Waals surface area contributed by atoms with Crippen molar-refractivity contribution in [2.45, 2.75) is 91.3 Å². The van der Waals surface area contributed by atoms with Crippen molar-refractivity contribution in [1.82, 2.24) is 0 Å². The average molecular weight is 350 g/mol. The van der Waals surface area contributed by atoms with Gasteiger partial charge in [-0.15, -0.1) is 0 Å². The fraction of sp³-hybridized carbons (Fsp3) is 0.905. The van der Waals surface area contributed by atoms with Crippen LogP contribution in [0, 0.1) is 29.1 Å². The summed E-state index contributed by atoms with van der Waals surface area (Å²) in [5.74, 6) is 2.36. The summed E-state index contributed by atoms with van der Waals surface area (Å²) < 4.78 is 11.6. The van der Waals surface area contributed by atoms with Crippen LogP contribution >= 0.6 is 0 Å². The largest absolute Gasteiger partial charge is 0.463 e. The molecule has 2 unspecified atom stereocenters. The molecule has 4 saturated carbocycles. The number of carbonyl (C=O) groups excluding carboxylic acids is 2. The minimum absolute atomic E-state index is 0.107. The number of hydrogen-bond acceptors (Lipinski definition) is 4. The lowest BCUT2D eigenvalue weighted by Crippen LogP contribution is -2.59. The second-order valence-electron chi connectivity index (χ2n) is 9.42. The number of carbonyl (C=O) groups is 2. The highest BCUT2D eigenvalue weighted by Gasteiger charge is 2.57. The molecule has 0 amide bonds. The van der Waals surface area contributed by atoms with Crippen LogP contribution < -0.4 is 0 Å². The smallest absolute Gasteiger partial charge is 0.312 e. The first-order valence-corrected chi connectivity index (χ1v) is 10.1. The van der Waals surface area contributed by atoms with Crippen molar-refractivity contribution in [2.75, 3.05) is 0 Å². The van der Waals surface area contributed by atoms with Crippen LogP contribution in [0.1, 0.15) is 79.6 Å². The van der Waals surface area contributed by atoms with E-state index in [4.69, 9.17) is 9.47 Å². The third kappa shape index (κ3) is 3.46. The standard InChI is InChI=1S/C21H34O4/c1-6-20(4,12-13(2)24-14(3)22)19(23)25-21(5)17-8-15-7-16(10-17)11-18(21)9-15/h13,15-18H,6-12H2,1-5H3. The third-order valence-electron chi connectivity index (χ3n) is 7.45. The van der Waals surface area contributed by atoms with Gasteiger partial charge in [0.2, 0.25) is 0 Å². The lowest BCUT2D eigenvalue weighted by atomic mass is 9.50. The normalized spacial score (nSPS) is 39.6. The lowest BCUT2D eigenvalue weighted by molar-refractivity contribution is -0.213. The molecule has 0 aromatic rings. The van der Waals surface area contributed by atoms with E-state index < -0.39 is 5.41 Å². The van der Waals surface area contributed by atoms with Crippen molar-refractivity contribution in [3.63, 3.8) is 0 Å². The topological polar surface area (TPSA) is 52.6 Å². The van der Waals surface area contributed by atoms with E-state index in [2.05, 4.69) is 6.92 Å². The quantitative estimate of drug-likeness (QED) is 0.662. The predicted octanol–water partition coefficient (Wildman–Crippen LogP) is 4.50. The summed E-state index contributed by atoms with van der Waals surface area (Å²) in [4.78, 5) is 24.3. The summed E-state index contributed by atoms with van der Waals surface area (Å²) in [6, 6.07) is 0. The molecule has 2 atom stereocenters. The van der Waals surface area contributed by atoms with Gasteiger partial charge in [-0.05, 0) is 89.4 Å². The summed E-state index contributed by atoms with van der Waals surface area (Å²) in [5, 5.41) is 0. The van der Waals surface area contributed by atoms with Crippen LogP contribution in [-0.4, -0.2) is 23.6 Å². The van der Waals surface area contributed by atoms with Crippen molar-refractivity contribution in [3.05, 3.63) is 0 Å². The molecule has 0 radical (unpaired) electrons. The van der Waals surface area contributed by atoms with Crippen LogP contribution in [0.15, 0.2) is 0 Å². The highest BCUT2D eigenvalue weighted by Crippen LogP contribution is 2.59. The molecular weight excluding hydrogens is 316 g/mol. The highest BCUT2D eigenvalue weighted by atomic mass is 16.6. The molecule has 4 rings (SSSR count). The van der Waals surface area contributed by atoms with E-state index in [1.165, 1.54) is 39.0 Å². The van der Waals surface area contributed by atoms with E-state index in [1.54, 1.807) is 0 Å². The van der Waals surface area contributed by atoms with Crippen LogP contribution in [-0.2, 0) is 19.1 Å². The Morgan fingerprint density at radius 2 is 1.64 bits per heavy atom. The van der Waals surface area contributed by atoms with Gasteiger partial charge in [0, 0.05) is 6.92 Å². The molecule has 0 aliphatic heterocycles. The first-order valence-electron chi connectivity index (χ1n) is 10.1. The van der Waals surface area contributed by atoms with Crippen molar-refractivity contribution in [3.8, 4) is 0 Å². The summed E-state index contributed by atoms with van der Waals surface area (Å²) in [5.41, 5.74) is -0.905. The molecular formula is C21H34O4. The molecule has 4 fully saturated rings. The van der Waals surface area contributed by atoms with Gasteiger partial charge >= 0.3 is 11.9 Å². The Morgan fingerprint density at radius 1 is 1.12 bits per heavy atom. The zero-order valence-electron chi connectivity index (χ0n) is 16.5. The van der Waals surface area contributed by atoms with Gasteiger partial charge in [-0.2, -0.15) is 0 Å². The molecule has 4 nitrogen and oxygen atoms in total. The molecule has 4 aliphatic carbocycles. The van der Waals surface area contributed by atoms with Crippen LogP contribution in [0.4, 0.5) is 0 Å². The van der Waals surface area contributed by atoms with Gasteiger partial charge in [0.1, 0.15) is 11.7 Å². The second-order valence-corrected chi connectivity index (χ2v) is 9.42. The minimum atomic E-state index is -0.605. The number of rotatable bonds is 6. The molecule has 0 heterocycles. The van der Waals surface area contributed by atoms with Gasteiger partial charge in [-0.25, -0.2) is 0 Å². The Kier molecular flexibility index (Phi) is 4.93. The molecule has 0 aromatic heterocycles. The van der Waals surface area contributed by atoms with Crippen molar-refractivity contribution >= 4 is 11.9 Å². The minimum Gasteiger partial charge on any atom is -0.463 e. The fourth-order valence-electron chi connectivity index (χ4n) is 5.94. The zero-order valence-corrected chi connectivity index (χ0v) is 16.5. The monoisotopic (exact) mass is 350 g/mol. The molecule has 0 spiro atoms. The Balaban J connectivity index is 1.70. The van der Waals surface area contributed by atoms with Crippen LogP contribution in [0.5, 0.6) is 0 Å². The highest BCUT2D eigenvalue weighted by molar-refractivity contribution is 5.77. The molecule has 4 aliphatic rings. The number of hydrogen-bond donors (Lipinski definition) is 0. The van der Waals surface area contributed by atoms with Crippen molar-refractivity contribution < 1.29 is 19.1 Å². The zero-order chi connectivity index (χ0) is 18.4. The van der Waals surface area contributed by atoms with Crippen molar-refractivity contribution in [1.29, 1.82) is 0 Å². The van der Waals surface area contributed by atoms with Gasteiger partial charge in [0.05, 0.1) is 5.41 Å². The first kappa shape index (κ1) is 18.7. The lowest BCUT2D eigenvalue weighted by Gasteiger charge is -2.59. The Morgan fingerprint density at radius 3 is 2.08 bits per heavy atom. The Hall–Kier alpha value is -1.06. The molecule has 25 heavy (non-hydrogen) atoms. The predicted molar refractivity (Wildman–Crippen MR) is 95.8 cm³/mol. The summed E-state index contributed by atoms with van der Waals surface area (Å²) in [6.45, 7) is 9.42. The van der Waals surface area contributed by atoms with E-state index in [0.717, 1.165) is 11.8 Å². The van der Waals surface area contributed by atoms with E-state index in [-0.39, 0.29) is 23.6 Å². The summed E-state index contributed by atoms with van der Waals surface area (Å²) in [7, 11) is 0. The van der Waals surface area contributed by atoms with E-state index in [9.17, 15) is 9.59 Å². The number of ether oxygens (including phenoxy) is 2. The maximum absolute atomic E-state index is 13.2. The maximum atomic E-state index is 13.2. The van der Waals surface area contributed by atoms with E-state index in [0.29, 0.717) is 24.7 Å². The van der Waals surface area contributed by atoms with Gasteiger partial charge in [0.25, 0.3) is 0 Å². The molecule has 0 N–H and O–H groups in total. The van der Waals surface area contributed by atoms with Crippen LogP contribution in [0.3, 0.4) is 0 Å². The van der Waals surface area contributed by atoms with Crippen LogP contribution in [0.2, 0.25) is 0 Å². The molecule has 4 bridgehead atoms. The van der Waals surface area contributed by atoms with Crippen molar-refractivity contribution in [2.24, 2.45) is 29.1 Å². The second kappa shape index (κ2) is 6.59. The average Bonchev–Trinajstić information content (AvgIpc) is 2.51. The van der Waals surface area contributed by atoms with E-state index in [1.807, 2.05) is 20.8 Å². The van der Waals surface area contributed by atoms with Gasteiger partial charge in [-0.1, -0.05) is 6.92 Å². The SMILES string of the molecule is CCC(C)(CC(C)OC(C)=O)C(=O)OC1(C)C2CC3CC(C2)CC1C3. The molecule has 142 valence electrons. The fourth-order valence-corrected chi connectivity index (χ4v) is 5.94. The third-order valence-corrected chi connectivity index (χ3v) is 7.45. The molecule has 4 heteroatoms. The summed E-state index contributed by atoms with van der Waals surface area (Å²) >= 11 is 0. The molecule has 0 aromatic carbocycles. The first-order chi connectivity index (χ1) is 11.7.